The van der Waals surface area contributed by atoms with E-state index in [2.05, 4.69) is 5.32 Å². The quantitative estimate of drug-likeness (QED) is 0.772. The Morgan fingerprint density at radius 1 is 1.32 bits per heavy atom. The number of rotatable bonds is 8. The van der Waals surface area contributed by atoms with Gasteiger partial charge in [0.05, 0.1) is 0 Å². The van der Waals surface area contributed by atoms with Gasteiger partial charge in [-0.25, -0.2) is 13.6 Å². The maximum Gasteiger partial charge on any atom is 0.326 e. The Hall–Kier alpha value is -2.18. The molecule has 0 saturated heterocycles. The van der Waals surface area contributed by atoms with E-state index >= 15 is 0 Å². The molecule has 22 heavy (non-hydrogen) atoms. The number of hydrogen-bond donors (Lipinski definition) is 2. The lowest BCUT2D eigenvalue weighted by atomic mass is 10.1. The summed E-state index contributed by atoms with van der Waals surface area (Å²) in [5, 5.41) is 11.0. The number of carboxylic acids is 1. The highest BCUT2D eigenvalue weighted by Gasteiger charge is 2.28. The van der Waals surface area contributed by atoms with Gasteiger partial charge in [0.1, 0.15) is 11.8 Å². The largest absolute Gasteiger partial charge is 0.480 e. The van der Waals surface area contributed by atoms with Gasteiger partial charge in [0.2, 0.25) is 6.43 Å². The van der Waals surface area contributed by atoms with Gasteiger partial charge in [0.15, 0.2) is 6.10 Å². The van der Waals surface area contributed by atoms with Crippen LogP contribution in [0.15, 0.2) is 24.3 Å². The number of halogens is 2. The van der Waals surface area contributed by atoms with Gasteiger partial charge in [-0.2, -0.15) is 0 Å². The van der Waals surface area contributed by atoms with Crippen molar-refractivity contribution in [2.24, 2.45) is 0 Å². The van der Waals surface area contributed by atoms with E-state index in [0.717, 1.165) is 5.56 Å². The minimum absolute atomic E-state index is 0.279. The maximum absolute atomic E-state index is 12.3. The fourth-order valence-corrected chi connectivity index (χ4v) is 1.83. The van der Waals surface area contributed by atoms with E-state index in [9.17, 15) is 18.4 Å². The molecule has 0 bridgehead atoms. The van der Waals surface area contributed by atoms with Crippen molar-refractivity contribution in [3.63, 3.8) is 0 Å². The SMILES string of the molecule is CCC(Oc1ccccc1C)C(=O)NC(CC(F)F)C(=O)O. The molecule has 0 aliphatic rings. The van der Waals surface area contributed by atoms with Crippen molar-refractivity contribution in [3.05, 3.63) is 29.8 Å². The molecular formula is C15H19F2NO4. The Morgan fingerprint density at radius 3 is 2.45 bits per heavy atom. The van der Waals surface area contributed by atoms with Gasteiger partial charge >= 0.3 is 5.97 Å². The number of para-hydroxylation sites is 1. The molecule has 5 nitrogen and oxygen atoms in total. The van der Waals surface area contributed by atoms with Crippen LogP contribution in [-0.2, 0) is 9.59 Å². The molecule has 0 fully saturated rings. The van der Waals surface area contributed by atoms with Crippen molar-refractivity contribution in [1.82, 2.24) is 5.32 Å². The van der Waals surface area contributed by atoms with E-state index < -0.39 is 36.9 Å². The molecule has 1 aromatic rings. The number of hydrogen-bond acceptors (Lipinski definition) is 3. The van der Waals surface area contributed by atoms with E-state index in [-0.39, 0.29) is 6.42 Å². The zero-order valence-corrected chi connectivity index (χ0v) is 12.4. The molecule has 7 heteroatoms. The average molecular weight is 315 g/mol. The highest BCUT2D eigenvalue weighted by molar-refractivity contribution is 5.86. The molecule has 2 atom stereocenters. The van der Waals surface area contributed by atoms with E-state index in [1.165, 1.54) is 0 Å². The molecule has 2 unspecified atom stereocenters. The summed E-state index contributed by atoms with van der Waals surface area (Å²) >= 11 is 0. The summed E-state index contributed by atoms with van der Waals surface area (Å²) in [5.74, 6) is -1.73. The van der Waals surface area contributed by atoms with E-state index in [4.69, 9.17) is 9.84 Å². The second-order valence-electron chi connectivity index (χ2n) is 4.81. The molecule has 0 aliphatic carbocycles. The number of carbonyl (C=O) groups is 2. The Balaban J connectivity index is 2.75. The number of alkyl halides is 2. The standard InChI is InChI=1S/C15H19F2NO4/c1-3-11(22-12-7-5-4-6-9(12)2)14(19)18-10(15(20)21)8-13(16)17/h4-7,10-11,13H,3,8H2,1-2H3,(H,18,19)(H,20,21). The van der Waals surface area contributed by atoms with E-state index in [0.29, 0.717) is 5.75 Å². The number of nitrogens with one attached hydrogen (secondary N) is 1. The first-order valence-electron chi connectivity index (χ1n) is 6.88. The number of aryl methyl sites for hydroxylation is 1. The molecule has 0 heterocycles. The number of carbonyl (C=O) groups excluding carboxylic acids is 1. The summed E-state index contributed by atoms with van der Waals surface area (Å²) in [6, 6.07) is 5.40. The summed E-state index contributed by atoms with van der Waals surface area (Å²) in [5.41, 5.74) is 0.816. The third kappa shape index (κ3) is 5.31. The summed E-state index contributed by atoms with van der Waals surface area (Å²) in [7, 11) is 0. The van der Waals surface area contributed by atoms with Gasteiger partial charge in [-0.3, -0.25) is 4.79 Å². The minimum Gasteiger partial charge on any atom is -0.480 e. The first-order valence-corrected chi connectivity index (χ1v) is 6.88. The van der Waals surface area contributed by atoms with Gasteiger partial charge < -0.3 is 15.2 Å². The van der Waals surface area contributed by atoms with Crippen LogP contribution in [-0.4, -0.2) is 35.6 Å². The lowest BCUT2D eigenvalue weighted by Crippen LogP contribution is -2.47. The molecule has 1 rings (SSSR count). The number of ether oxygens (including phenoxy) is 1. The van der Waals surface area contributed by atoms with Gasteiger partial charge in [-0.05, 0) is 25.0 Å². The first-order chi connectivity index (χ1) is 10.3. The lowest BCUT2D eigenvalue weighted by molar-refractivity contribution is -0.144. The van der Waals surface area contributed by atoms with Crippen LogP contribution in [0.4, 0.5) is 8.78 Å². The van der Waals surface area contributed by atoms with Gasteiger partial charge in [0.25, 0.3) is 5.91 Å². The molecule has 0 saturated carbocycles. The second kappa shape index (κ2) is 8.31. The van der Waals surface area contributed by atoms with Crippen LogP contribution in [0.25, 0.3) is 0 Å². The first kappa shape index (κ1) is 17.9. The minimum atomic E-state index is -2.82. The zero-order valence-electron chi connectivity index (χ0n) is 12.4. The van der Waals surface area contributed by atoms with Crippen LogP contribution in [0.2, 0.25) is 0 Å². The van der Waals surface area contributed by atoms with Crippen molar-refractivity contribution in [2.75, 3.05) is 0 Å². The van der Waals surface area contributed by atoms with Crippen LogP contribution < -0.4 is 10.1 Å². The van der Waals surface area contributed by atoms with E-state index in [1.54, 1.807) is 32.0 Å². The van der Waals surface area contributed by atoms with Crippen LogP contribution in [0.3, 0.4) is 0 Å². The van der Waals surface area contributed by atoms with Crippen LogP contribution >= 0.6 is 0 Å². The van der Waals surface area contributed by atoms with Crippen molar-refractivity contribution >= 4 is 11.9 Å². The van der Waals surface area contributed by atoms with Crippen molar-refractivity contribution < 1.29 is 28.2 Å². The normalized spacial score (nSPS) is 13.5. The third-order valence-electron chi connectivity index (χ3n) is 3.05. The molecular weight excluding hydrogens is 296 g/mol. The fraction of sp³-hybridized carbons (Fsp3) is 0.467. The molecule has 1 aromatic carbocycles. The molecule has 2 N–H and O–H groups in total. The Labute approximate surface area is 127 Å². The monoisotopic (exact) mass is 315 g/mol. The van der Waals surface area contributed by atoms with Gasteiger partial charge in [0, 0.05) is 6.42 Å². The zero-order chi connectivity index (χ0) is 16.7. The van der Waals surface area contributed by atoms with Crippen LogP contribution in [0.1, 0.15) is 25.3 Å². The average Bonchev–Trinajstić information content (AvgIpc) is 2.45. The van der Waals surface area contributed by atoms with Gasteiger partial charge in [-0.15, -0.1) is 0 Å². The highest BCUT2D eigenvalue weighted by atomic mass is 19.3. The number of carboxylic acid groups (broad SMARTS) is 1. The Bertz CT molecular complexity index is 522. The maximum atomic E-state index is 12.3. The fourth-order valence-electron chi connectivity index (χ4n) is 1.83. The van der Waals surface area contributed by atoms with Crippen molar-refractivity contribution in [3.8, 4) is 5.75 Å². The predicted octanol–water partition coefficient (Wildman–Crippen LogP) is 2.38. The third-order valence-corrected chi connectivity index (χ3v) is 3.05. The van der Waals surface area contributed by atoms with Crippen LogP contribution in [0.5, 0.6) is 5.75 Å². The highest BCUT2D eigenvalue weighted by Crippen LogP contribution is 2.19. The van der Waals surface area contributed by atoms with E-state index in [1.807, 2.05) is 6.07 Å². The molecule has 0 aliphatic heterocycles. The summed E-state index contributed by atoms with van der Waals surface area (Å²) in [6.45, 7) is 3.49. The summed E-state index contributed by atoms with van der Waals surface area (Å²) in [4.78, 5) is 22.9. The Morgan fingerprint density at radius 2 is 1.95 bits per heavy atom. The summed E-state index contributed by atoms with van der Waals surface area (Å²) < 4.78 is 30.2. The Kier molecular flexibility index (Phi) is 6.75. The van der Waals surface area contributed by atoms with Crippen molar-refractivity contribution in [2.45, 2.75) is 45.3 Å². The van der Waals surface area contributed by atoms with Crippen molar-refractivity contribution in [1.29, 1.82) is 0 Å². The lowest BCUT2D eigenvalue weighted by Gasteiger charge is -2.21. The summed E-state index contributed by atoms with van der Waals surface area (Å²) in [6.07, 6.45) is -4.43. The predicted molar refractivity (Wildman–Crippen MR) is 76.1 cm³/mol. The molecule has 1 amide bonds. The number of aliphatic carboxylic acids is 1. The molecule has 122 valence electrons. The van der Waals surface area contributed by atoms with Gasteiger partial charge in [-0.1, -0.05) is 25.1 Å². The number of amides is 1. The van der Waals surface area contributed by atoms with Crippen LogP contribution in [0, 0.1) is 6.92 Å². The second-order valence-corrected chi connectivity index (χ2v) is 4.81. The molecule has 0 radical (unpaired) electrons. The molecule has 0 spiro atoms. The topological polar surface area (TPSA) is 75.6 Å². The number of benzene rings is 1. The molecule has 0 aromatic heterocycles. The smallest absolute Gasteiger partial charge is 0.326 e.